The summed E-state index contributed by atoms with van der Waals surface area (Å²) in [5.41, 5.74) is 1.93. The van der Waals surface area contributed by atoms with Gasteiger partial charge in [0, 0.05) is 23.3 Å². The van der Waals surface area contributed by atoms with Crippen LogP contribution in [-0.4, -0.2) is 30.6 Å². The van der Waals surface area contributed by atoms with Gasteiger partial charge in [0.15, 0.2) is 0 Å². The average molecular weight is 404 g/mol. The molecule has 0 aliphatic carbocycles. The predicted molar refractivity (Wildman–Crippen MR) is 103 cm³/mol. The number of hydrogen-bond donors (Lipinski definition) is 1. The first-order valence-corrected chi connectivity index (χ1v) is 10.4. The van der Waals surface area contributed by atoms with Crippen molar-refractivity contribution in [3.05, 3.63) is 71.6 Å². The third-order valence-electron chi connectivity index (χ3n) is 4.40. The Labute approximate surface area is 162 Å². The van der Waals surface area contributed by atoms with Gasteiger partial charge < -0.3 is 9.30 Å². The molecular weight excluding hydrogens is 386 g/mol. The molecule has 0 saturated heterocycles. The summed E-state index contributed by atoms with van der Waals surface area (Å²) in [6, 6.07) is 16.0. The molecule has 1 aromatic heterocycles. The predicted octanol–water partition coefficient (Wildman–Crippen LogP) is 3.08. The lowest BCUT2D eigenvalue weighted by Crippen LogP contribution is -2.38. The van der Waals surface area contributed by atoms with E-state index >= 15 is 0 Å². The molecule has 0 radical (unpaired) electrons. The molecule has 0 amide bonds. The van der Waals surface area contributed by atoms with E-state index in [0.29, 0.717) is 18.2 Å². The largest absolute Gasteiger partial charge is 0.367 e. The number of fused-ring (bicyclic) bond motifs is 1. The molecule has 3 aromatic rings. The Kier molecular flexibility index (Phi) is 5.01. The summed E-state index contributed by atoms with van der Waals surface area (Å²) >= 11 is 5.81. The van der Waals surface area contributed by atoms with Crippen LogP contribution in [0.4, 0.5) is 0 Å². The van der Waals surface area contributed by atoms with E-state index in [4.69, 9.17) is 16.3 Å². The monoisotopic (exact) mass is 403 g/mol. The number of halogens is 1. The van der Waals surface area contributed by atoms with Crippen LogP contribution < -0.4 is 4.72 Å². The minimum atomic E-state index is -3.61. The maximum atomic E-state index is 12.4. The molecule has 1 aliphatic heterocycles. The van der Waals surface area contributed by atoms with Crippen LogP contribution in [0.15, 0.2) is 65.7 Å². The second-order valence-corrected chi connectivity index (χ2v) is 8.50. The highest BCUT2D eigenvalue weighted by Crippen LogP contribution is 2.22. The lowest BCUT2D eigenvalue weighted by Gasteiger charge is -2.24. The van der Waals surface area contributed by atoms with E-state index in [1.165, 1.54) is 12.1 Å². The highest BCUT2D eigenvalue weighted by atomic mass is 35.5. The first kappa shape index (κ1) is 18.2. The van der Waals surface area contributed by atoms with E-state index in [0.717, 1.165) is 17.1 Å². The van der Waals surface area contributed by atoms with Crippen LogP contribution in [0.2, 0.25) is 5.02 Å². The molecule has 0 saturated carbocycles. The molecule has 6 nitrogen and oxygen atoms in total. The van der Waals surface area contributed by atoms with Crippen molar-refractivity contribution in [2.45, 2.75) is 24.2 Å². The van der Waals surface area contributed by atoms with Crippen LogP contribution in [0.25, 0.3) is 11.3 Å². The van der Waals surface area contributed by atoms with Gasteiger partial charge in [0.05, 0.1) is 23.2 Å². The van der Waals surface area contributed by atoms with E-state index < -0.39 is 10.0 Å². The molecule has 8 heteroatoms. The molecule has 1 N–H and O–H groups in total. The van der Waals surface area contributed by atoms with E-state index in [-0.39, 0.29) is 17.5 Å². The Morgan fingerprint density at radius 3 is 2.63 bits per heavy atom. The van der Waals surface area contributed by atoms with Gasteiger partial charge in [0.25, 0.3) is 0 Å². The Hall–Kier alpha value is -2.19. The number of aromatic nitrogens is 2. The normalized spacial score (nSPS) is 16.9. The molecule has 0 spiro atoms. The second-order valence-electron chi connectivity index (χ2n) is 6.30. The van der Waals surface area contributed by atoms with E-state index in [9.17, 15) is 8.42 Å². The van der Waals surface area contributed by atoms with Gasteiger partial charge in [-0.15, -0.1) is 0 Å². The van der Waals surface area contributed by atoms with Crippen LogP contribution >= 0.6 is 11.6 Å². The molecule has 1 aliphatic rings. The molecule has 2 aromatic carbocycles. The summed E-state index contributed by atoms with van der Waals surface area (Å²) < 4.78 is 35.2. The minimum Gasteiger partial charge on any atom is -0.367 e. The number of rotatable bonds is 5. The summed E-state index contributed by atoms with van der Waals surface area (Å²) in [6.45, 7) is 1.07. The number of ether oxygens (including phenoxy) is 1. The minimum absolute atomic E-state index is 0.178. The van der Waals surface area contributed by atoms with E-state index in [1.54, 1.807) is 12.1 Å². The standard InChI is InChI=1S/C19H18ClN3O3S/c20-15-6-8-17(9-7-15)27(24,25)21-10-16-11-23-12-18(22-19(23)13-26-16)14-4-2-1-3-5-14/h1-9,12,16,21H,10-11,13H2/t16-/m0/s1. The zero-order valence-electron chi connectivity index (χ0n) is 14.4. The fourth-order valence-electron chi connectivity index (χ4n) is 2.96. The van der Waals surface area contributed by atoms with Gasteiger partial charge in [-0.2, -0.15) is 0 Å². The third-order valence-corrected chi connectivity index (χ3v) is 6.09. The van der Waals surface area contributed by atoms with Crippen molar-refractivity contribution in [3.63, 3.8) is 0 Å². The zero-order chi connectivity index (χ0) is 18.9. The fourth-order valence-corrected chi connectivity index (χ4v) is 4.16. The lowest BCUT2D eigenvalue weighted by molar-refractivity contribution is 0.00586. The smallest absolute Gasteiger partial charge is 0.240 e. The van der Waals surface area contributed by atoms with Crippen LogP contribution in [0.3, 0.4) is 0 Å². The Bertz CT molecular complexity index is 1030. The topological polar surface area (TPSA) is 73.2 Å². The first-order valence-electron chi connectivity index (χ1n) is 8.49. The lowest BCUT2D eigenvalue weighted by atomic mass is 10.2. The Balaban J connectivity index is 1.43. The second kappa shape index (κ2) is 7.44. The van der Waals surface area contributed by atoms with Crippen molar-refractivity contribution < 1.29 is 13.2 Å². The van der Waals surface area contributed by atoms with E-state index in [1.807, 2.05) is 41.1 Å². The molecule has 0 bridgehead atoms. The van der Waals surface area contributed by atoms with Crippen LogP contribution in [0.1, 0.15) is 5.82 Å². The van der Waals surface area contributed by atoms with Crippen molar-refractivity contribution in [1.82, 2.24) is 14.3 Å². The van der Waals surface area contributed by atoms with Crippen molar-refractivity contribution in [1.29, 1.82) is 0 Å². The molecule has 27 heavy (non-hydrogen) atoms. The highest BCUT2D eigenvalue weighted by molar-refractivity contribution is 7.89. The van der Waals surface area contributed by atoms with Crippen molar-refractivity contribution in [2.75, 3.05) is 6.54 Å². The van der Waals surface area contributed by atoms with Gasteiger partial charge in [0.1, 0.15) is 12.4 Å². The summed E-state index contributed by atoms with van der Waals surface area (Å²) in [5.74, 6) is 0.839. The number of imidazole rings is 1. The third kappa shape index (κ3) is 4.06. The number of benzene rings is 2. The Morgan fingerprint density at radius 2 is 1.89 bits per heavy atom. The van der Waals surface area contributed by atoms with Crippen LogP contribution in [0.5, 0.6) is 0 Å². The van der Waals surface area contributed by atoms with Crippen molar-refractivity contribution >= 4 is 21.6 Å². The first-order chi connectivity index (χ1) is 13.0. The van der Waals surface area contributed by atoms with Crippen molar-refractivity contribution in [2.24, 2.45) is 0 Å². The summed E-state index contributed by atoms with van der Waals surface area (Å²) in [7, 11) is -3.61. The van der Waals surface area contributed by atoms with Crippen molar-refractivity contribution in [3.8, 4) is 11.3 Å². The zero-order valence-corrected chi connectivity index (χ0v) is 15.9. The van der Waals surface area contributed by atoms with Gasteiger partial charge in [-0.05, 0) is 24.3 Å². The maximum absolute atomic E-state index is 12.4. The number of hydrogen-bond acceptors (Lipinski definition) is 4. The molecule has 2 heterocycles. The van der Waals surface area contributed by atoms with Gasteiger partial charge in [-0.3, -0.25) is 0 Å². The molecule has 1 atom stereocenters. The SMILES string of the molecule is O=S(=O)(NC[C@H]1Cn2cc(-c3ccccc3)nc2CO1)c1ccc(Cl)cc1. The molecule has 0 fully saturated rings. The maximum Gasteiger partial charge on any atom is 0.240 e. The Morgan fingerprint density at radius 1 is 1.15 bits per heavy atom. The van der Waals surface area contributed by atoms with Gasteiger partial charge in [-0.25, -0.2) is 18.1 Å². The fraction of sp³-hybridized carbons (Fsp3) is 0.211. The number of nitrogens with one attached hydrogen (secondary N) is 1. The summed E-state index contributed by atoms with van der Waals surface area (Å²) in [6.07, 6.45) is 1.71. The van der Waals surface area contributed by atoms with Crippen LogP contribution in [0, 0.1) is 0 Å². The van der Waals surface area contributed by atoms with Gasteiger partial charge in [0.2, 0.25) is 10.0 Å². The highest BCUT2D eigenvalue weighted by Gasteiger charge is 2.23. The number of nitrogens with zero attached hydrogens (tertiary/aromatic N) is 2. The summed E-state index contributed by atoms with van der Waals surface area (Å²) in [5, 5.41) is 0.492. The quantitative estimate of drug-likeness (QED) is 0.710. The van der Waals surface area contributed by atoms with Gasteiger partial charge in [-0.1, -0.05) is 41.9 Å². The van der Waals surface area contributed by atoms with Crippen LogP contribution in [-0.2, 0) is 27.9 Å². The van der Waals surface area contributed by atoms with Gasteiger partial charge >= 0.3 is 0 Å². The summed E-state index contributed by atoms with van der Waals surface area (Å²) in [4.78, 5) is 4.79. The molecular formula is C19H18ClN3O3S. The number of sulfonamides is 1. The van der Waals surface area contributed by atoms with E-state index in [2.05, 4.69) is 9.71 Å². The molecule has 140 valence electrons. The molecule has 0 unspecified atom stereocenters. The average Bonchev–Trinajstić information content (AvgIpc) is 3.11. The molecule has 4 rings (SSSR count).